The monoisotopic (exact) mass is 382 g/mol. The van der Waals surface area contributed by atoms with Crippen molar-refractivity contribution in [3.63, 3.8) is 0 Å². The first-order valence-electron chi connectivity index (χ1n) is 6.43. The lowest BCUT2D eigenvalue weighted by Crippen LogP contribution is -1.94. The minimum Gasteiger partial charge on any atom is -0.212 e. The van der Waals surface area contributed by atoms with Crippen LogP contribution in [0.5, 0.6) is 0 Å². The first-order chi connectivity index (χ1) is 10.5. The molecular weight excluding hydrogens is 372 g/mol. The van der Waals surface area contributed by atoms with Crippen LogP contribution < -0.4 is 0 Å². The second-order valence-electron chi connectivity index (χ2n) is 4.82. The van der Waals surface area contributed by atoms with Crippen molar-refractivity contribution in [3.8, 4) is 0 Å². The normalized spacial score (nSPS) is 12.4. The molecule has 0 aliphatic rings. The minimum absolute atomic E-state index is 0.362. The van der Waals surface area contributed by atoms with Gasteiger partial charge in [-0.2, -0.15) is 0 Å². The Kier molecular flexibility index (Phi) is 3.58. The molecule has 0 unspecified atom stereocenters. The third-order valence-corrected chi connectivity index (χ3v) is 10.4. The summed E-state index contributed by atoms with van der Waals surface area (Å²) in [4.78, 5) is 1.20. The third kappa shape index (κ3) is 2.41. The first-order valence-corrected chi connectivity index (χ1v) is 11.8. The van der Waals surface area contributed by atoms with Crippen molar-refractivity contribution in [2.45, 2.75) is 16.7 Å². The number of benzene rings is 1. The Bertz CT molecular complexity index is 1060. The highest BCUT2D eigenvalue weighted by Gasteiger charge is 2.21. The number of hydrogen-bond donors (Lipinski definition) is 0. The van der Waals surface area contributed by atoms with E-state index in [1.807, 2.05) is 24.4 Å². The number of rotatable bonds is 3. The maximum absolute atomic E-state index is 12.6. The molecule has 112 valence electrons. The molecule has 0 atom stereocenters. The van der Waals surface area contributed by atoms with Crippen LogP contribution in [0.15, 0.2) is 50.9 Å². The van der Waals surface area contributed by atoms with Crippen molar-refractivity contribution in [3.05, 3.63) is 46.7 Å². The van der Waals surface area contributed by atoms with E-state index in [4.69, 9.17) is 0 Å². The molecule has 0 amide bonds. The van der Waals surface area contributed by atoms with Crippen molar-refractivity contribution in [2.75, 3.05) is 0 Å². The summed E-state index contributed by atoms with van der Waals surface area (Å²) < 4.78 is 30.0. The zero-order chi connectivity index (χ0) is 15.3. The fourth-order valence-electron chi connectivity index (χ4n) is 2.17. The van der Waals surface area contributed by atoms with Gasteiger partial charge in [-0.15, -0.1) is 34.0 Å². The van der Waals surface area contributed by atoms with Crippen LogP contribution in [0.25, 0.3) is 18.8 Å². The van der Waals surface area contributed by atoms with Gasteiger partial charge in [-0.25, -0.2) is 8.42 Å². The number of fused-ring (bicyclic) bond motifs is 3. The maximum Gasteiger partial charge on any atom is 0.234 e. The van der Waals surface area contributed by atoms with Gasteiger partial charge in [0, 0.05) is 20.9 Å². The summed E-state index contributed by atoms with van der Waals surface area (Å²) in [6.07, 6.45) is 0. The standard InChI is InChI=1S/C15H10O2S5/c1-9-2-4-10(5-3-9)22(16,17)21-12-8-19-15-13-11(6-7-18-13)20-14(12)15/h2-8H,1H3. The maximum atomic E-state index is 12.6. The molecule has 0 bridgehead atoms. The molecule has 4 rings (SSSR count). The largest absolute Gasteiger partial charge is 0.234 e. The molecule has 0 radical (unpaired) electrons. The Labute approximate surface area is 143 Å². The SMILES string of the molecule is Cc1ccc(S(=O)(=O)Sc2csc3c2sc2ccsc23)cc1. The van der Waals surface area contributed by atoms with Crippen molar-refractivity contribution in [1.82, 2.24) is 0 Å². The van der Waals surface area contributed by atoms with E-state index in [1.54, 1.807) is 46.1 Å². The summed E-state index contributed by atoms with van der Waals surface area (Å²) in [5.74, 6) is 0. The molecule has 0 fully saturated rings. The molecule has 3 aromatic heterocycles. The zero-order valence-corrected chi connectivity index (χ0v) is 15.5. The Morgan fingerprint density at radius 3 is 2.50 bits per heavy atom. The highest BCUT2D eigenvalue weighted by atomic mass is 33.1. The van der Waals surface area contributed by atoms with Gasteiger partial charge in [0.2, 0.25) is 8.87 Å². The van der Waals surface area contributed by atoms with E-state index in [0.29, 0.717) is 4.90 Å². The van der Waals surface area contributed by atoms with Crippen LogP contribution in [0.1, 0.15) is 5.56 Å². The highest BCUT2D eigenvalue weighted by molar-refractivity contribution is 8.72. The number of aryl methyl sites for hydroxylation is 1. The molecule has 22 heavy (non-hydrogen) atoms. The molecule has 0 saturated carbocycles. The average molecular weight is 383 g/mol. The van der Waals surface area contributed by atoms with E-state index in [0.717, 1.165) is 26.0 Å². The van der Waals surface area contributed by atoms with E-state index in [-0.39, 0.29) is 0 Å². The molecule has 0 aliphatic heterocycles. The summed E-state index contributed by atoms with van der Waals surface area (Å²) in [5, 5.41) is 4.03. The summed E-state index contributed by atoms with van der Waals surface area (Å²) >= 11 is 5.02. The first kappa shape index (κ1) is 14.7. The lowest BCUT2D eigenvalue weighted by atomic mass is 10.2. The zero-order valence-electron chi connectivity index (χ0n) is 11.4. The molecular formula is C15H10O2S5. The third-order valence-electron chi connectivity index (χ3n) is 3.27. The molecule has 0 spiro atoms. The van der Waals surface area contributed by atoms with Gasteiger partial charge < -0.3 is 0 Å². The van der Waals surface area contributed by atoms with Gasteiger partial charge in [0.1, 0.15) is 0 Å². The Balaban J connectivity index is 1.77. The summed E-state index contributed by atoms with van der Waals surface area (Å²) in [6.45, 7) is 1.95. The molecule has 3 heterocycles. The van der Waals surface area contributed by atoms with Gasteiger partial charge in [0.05, 0.1) is 23.9 Å². The van der Waals surface area contributed by atoms with Gasteiger partial charge in [0.25, 0.3) is 0 Å². The van der Waals surface area contributed by atoms with Gasteiger partial charge in [0.15, 0.2) is 0 Å². The van der Waals surface area contributed by atoms with Crippen LogP contribution in [0.2, 0.25) is 0 Å². The smallest absolute Gasteiger partial charge is 0.212 e. The fourth-order valence-corrected chi connectivity index (χ4v) is 9.39. The highest BCUT2D eigenvalue weighted by Crippen LogP contribution is 2.47. The second kappa shape index (κ2) is 5.35. The molecule has 0 N–H and O–H groups in total. The Hall–Kier alpha value is -0.860. The fraction of sp³-hybridized carbons (Fsp3) is 0.0667. The van der Waals surface area contributed by atoms with E-state index in [2.05, 4.69) is 11.4 Å². The lowest BCUT2D eigenvalue weighted by molar-refractivity contribution is 0.610. The van der Waals surface area contributed by atoms with Crippen LogP contribution in [0.4, 0.5) is 0 Å². The topological polar surface area (TPSA) is 34.1 Å². The van der Waals surface area contributed by atoms with Gasteiger partial charge in [-0.3, -0.25) is 0 Å². The van der Waals surface area contributed by atoms with Crippen molar-refractivity contribution in [2.24, 2.45) is 0 Å². The van der Waals surface area contributed by atoms with Crippen LogP contribution in [0, 0.1) is 6.92 Å². The average Bonchev–Trinajstić information content (AvgIpc) is 3.13. The molecule has 0 aliphatic carbocycles. The summed E-state index contributed by atoms with van der Waals surface area (Å²) in [7, 11) is -2.42. The van der Waals surface area contributed by atoms with Crippen LogP contribution in [0.3, 0.4) is 0 Å². The van der Waals surface area contributed by atoms with E-state index in [1.165, 1.54) is 14.1 Å². The summed E-state index contributed by atoms with van der Waals surface area (Å²) in [5.41, 5.74) is 1.06. The summed E-state index contributed by atoms with van der Waals surface area (Å²) in [6, 6.07) is 9.11. The van der Waals surface area contributed by atoms with E-state index in [9.17, 15) is 8.42 Å². The Morgan fingerprint density at radius 1 is 0.955 bits per heavy atom. The molecule has 2 nitrogen and oxygen atoms in total. The molecule has 0 saturated heterocycles. The molecule has 7 heteroatoms. The predicted molar refractivity (Wildman–Crippen MR) is 99.3 cm³/mol. The number of thiophene rings is 3. The van der Waals surface area contributed by atoms with Gasteiger partial charge >= 0.3 is 0 Å². The lowest BCUT2D eigenvalue weighted by Gasteiger charge is -2.02. The van der Waals surface area contributed by atoms with Crippen LogP contribution in [-0.4, -0.2) is 8.42 Å². The van der Waals surface area contributed by atoms with Crippen molar-refractivity contribution >= 4 is 72.5 Å². The van der Waals surface area contributed by atoms with Crippen LogP contribution >= 0.6 is 44.8 Å². The van der Waals surface area contributed by atoms with Crippen LogP contribution in [-0.2, 0) is 8.87 Å². The van der Waals surface area contributed by atoms with E-state index >= 15 is 0 Å². The predicted octanol–water partition coefficient (Wildman–Crippen LogP) is 5.97. The molecule has 4 aromatic rings. The van der Waals surface area contributed by atoms with Crippen molar-refractivity contribution < 1.29 is 8.42 Å². The van der Waals surface area contributed by atoms with E-state index < -0.39 is 8.87 Å². The Morgan fingerprint density at radius 2 is 1.73 bits per heavy atom. The van der Waals surface area contributed by atoms with Gasteiger partial charge in [-0.05, 0) is 30.5 Å². The number of hydrogen-bond acceptors (Lipinski definition) is 6. The van der Waals surface area contributed by atoms with Crippen molar-refractivity contribution in [1.29, 1.82) is 0 Å². The molecule has 1 aromatic carbocycles. The second-order valence-corrected chi connectivity index (χ2v) is 11.5. The van der Waals surface area contributed by atoms with Gasteiger partial charge in [-0.1, -0.05) is 17.7 Å². The quantitative estimate of drug-likeness (QED) is 0.410. The minimum atomic E-state index is -3.38.